The number of anilines is 1. The quantitative estimate of drug-likeness (QED) is 0.547. The summed E-state index contributed by atoms with van der Waals surface area (Å²) in [6.45, 7) is 10.9. The monoisotopic (exact) mass is 279 g/mol. The van der Waals surface area contributed by atoms with Crippen LogP contribution >= 0.6 is 0 Å². The van der Waals surface area contributed by atoms with Crippen LogP contribution in [0, 0.1) is 5.41 Å². The summed E-state index contributed by atoms with van der Waals surface area (Å²) in [7, 11) is 0. The molecule has 0 aromatic carbocycles. The first-order valence-electron chi connectivity index (χ1n) is 6.92. The third kappa shape index (κ3) is 4.16. The molecule has 6 nitrogen and oxygen atoms in total. The SMILES string of the molecule is CCC(C)(C)CNC(=O)c1nc(C(C)C)ncc1NN. The Hall–Kier alpha value is -1.69. The summed E-state index contributed by atoms with van der Waals surface area (Å²) >= 11 is 0. The fourth-order valence-electron chi connectivity index (χ4n) is 1.48. The Labute approximate surface area is 120 Å². The molecule has 112 valence electrons. The van der Waals surface area contributed by atoms with Gasteiger partial charge in [0.1, 0.15) is 5.82 Å². The highest BCUT2D eigenvalue weighted by Crippen LogP contribution is 2.19. The molecule has 0 aliphatic rings. The standard InChI is InChI=1S/C14H25N5O/c1-6-14(4,5)8-17-13(20)11-10(19-15)7-16-12(18-11)9(2)3/h7,9,19H,6,8,15H2,1-5H3,(H,17,20). The molecule has 0 radical (unpaired) electrons. The number of nitrogen functional groups attached to an aromatic ring is 1. The van der Waals surface area contributed by atoms with Crippen LogP contribution in [-0.4, -0.2) is 22.4 Å². The lowest BCUT2D eigenvalue weighted by Crippen LogP contribution is -2.35. The van der Waals surface area contributed by atoms with Crippen molar-refractivity contribution in [3.63, 3.8) is 0 Å². The van der Waals surface area contributed by atoms with Gasteiger partial charge >= 0.3 is 0 Å². The zero-order chi connectivity index (χ0) is 15.3. The van der Waals surface area contributed by atoms with Crippen molar-refractivity contribution in [1.82, 2.24) is 15.3 Å². The highest BCUT2D eigenvalue weighted by Gasteiger charge is 2.20. The molecular weight excluding hydrogens is 254 g/mol. The van der Waals surface area contributed by atoms with E-state index >= 15 is 0 Å². The van der Waals surface area contributed by atoms with E-state index in [4.69, 9.17) is 5.84 Å². The lowest BCUT2D eigenvalue weighted by Gasteiger charge is -2.23. The summed E-state index contributed by atoms with van der Waals surface area (Å²) in [5.74, 6) is 5.96. The molecule has 0 saturated heterocycles. The summed E-state index contributed by atoms with van der Waals surface area (Å²) in [5.41, 5.74) is 3.24. The molecule has 1 aromatic rings. The van der Waals surface area contributed by atoms with E-state index in [-0.39, 0.29) is 22.9 Å². The van der Waals surface area contributed by atoms with E-state index in [0.717, 1.165) is 6.42 Å². The summed E-state index contributed by atoms with van der Waals surface area (Å²) in [6.07, 6.45) is 2.53. The minimum atomic E-state index is -0.233. The first-order chi connectivity index (χ1) is 9.30. The molecule has 0 aliphatic carbocycles. The first-order valence-corrected chi connectivity index (χ1v) is 6.92. The van der Waals surface area contributed by atoms with Gasteiger partial charge in [0.15, 0.2) is 5.69 Å². The second-order valence-corrected chi connectivity index (χ2v) is 5.99. The Morgan fingerprint density at radius 3 is 2.60 bits per heavy atom. The normalized spacial score (nSPS) is 11.6. The van der Waals surface area contributed by atoms with Crippen molar-refractivity contribution in [1.29, 1.82) is 0 Å². The molecule has 0 atom stereocenters. The predicted molar refractivity (Wildman–Crippen MR) is 80.3 cm³/mol. The average molecular weight is 279 g/mol. The third-order valence-electron chi connectivity index (χ3n) is 3.38. The van der Waals surface area contributed by atoms with Crippen LogP contribution in [-0.2, 0) is 0 Å². The molecule has 0 spiro atoms. The van der Waals surface area contributed by atoms with Gasteiger partial charge in [-0.05, 0) is 11.8 Å². The second-order valence-electron chi connectivity index (χ2n) is 5.99. The Balaban J connectivity index is 2.93. The smallest absolute Gasteiger partial charge is 0.272 e. The molecule has 1 heterocycles. The number of nitrogens with one attached hydrogen (secondary N) is 2. The van der Waals surface area contributed by atoms with Crippen LogP contribution in [0.5, 0.6) is 0 Å². The number of hydrogen-bond acceptors (Lipinski definition) is 5. The third-order valence-corrected chi connectivity index (χ3v) is 3.38. The van der Waals surface area contributed by atoms with E-state index in [1.165, 1.54) is 0 Å². The summed E-state index contributed by atoms with van der Waals surface area (Å²) in [4.78, 5) is 20.8. The average Bonchev–Trinajstić information content (AvgIpc) is 2.44. The lowest BCUT2D eigenvalue weighted by atomic mass is 9.90. The van der Waals surface area contributed by atoms with Crippen molar-refractivity contribution in [3.05, 3.63) is 17.7 Å². The first kappa shape index (κ1) is 16.4. The Kier molecular flexibility index (Phi) is 5.44. The van der Waals surface area contributed by atoms with E-state index in [0.29, 0.717) is 18.1 Å². The van der Waals surface area contributed by atoms with Gasteiger partial charge in [-0.3, -0.25) is 10.6 Å². The number of carbonyl (C=O) groups excluding carboxylic acids is 1. The van der Waals surface area contributed by atoms with Crippen molar-refractivity contribution in [2.75, 3.05) is 12.0 Å². The van der Waals surface area contributed by atoms with E-state index < -0.39 is 0 Å². The number of amides is 1. The molecule has 0 bridgehead atoms. The highest BCUT2D eigenvalue weighted by molar-refractivity contribution is 5.97. The van der Waals surface area contributed by atoms with E-state index in [9.17, 15) is 4.79 Å². The minimum absolute atomic E-state index is 0.0554. The van der Waals surface area contributed by atoms with Crippen molar-refractivity contribution in [3.8, 4) is 0 Å². The zero-order valence-electron chi connectivity index (χ0n) is 12.9. The van der Waals surface area contributed by atoms with E-state index in [1.54, 1.807) is 6.20 Å². The number of hydrogen-bond donors (Lipinski definition) is 3. The summed E-state index contributed by atoms with van der Waals surface area (Å²) in [6, 6.07) is 0. The number of nitrogens with zero attached hydrogens (tertiary/aromatic N) is 2. The van der Waals surface area contributed by atoms with Crippen LogP contribution in [0.15, 0.2) is 6.20 Å². The Morgan fingerprint density at radius 1 is 1.45 bits per heavy atom. The van der Waals surface area contributed by atoms with Gasteiger partial charge < -0.3 is 10.7 Å². The van der Waals surface area contributed by atoms with Gasteiger partial charge in [0.25, 0.3) is 5.91 Å². The molecule has 1 rings (SSSR count). The van der Waals surface area contributed by atoms with Crippen LogP contribution in [0.1, 0.15) is 63.3 Å². The van der Waals surface area contributed by atoms with Gasteiger partial charge in [-0.15, -0.1) is 0 Å². The van der Waals surface area contributed by atoms with Gasteiger partial charge in [0.2, 0.25) is 0 Å². The number of hydrazine groups is 1. The van der Waals surface area contributed by atoms with Crippen molar-refractivity contribution in [2.45, 2.75) is 47.0 Å². The van der Waals surface area contributed by atoms with Crippen LogP contribution in [0.25, 0.3) is 0 Å². The molecule has 0 unspecified atom stereocenters. The van der Waals surface area contributed by atoms with Crippen molar-refractivity contribution < 1.29 is 4.79 Å². The predicted octanol–water partition coefficient (Wildman–Crippen LogP) is 2.05. The summed E-state index contributed by atoms with van der Waals surface area (Å²) in [5, 5.41) is 2.91. The molecule has 0 aliphatic heterocycles. The molecule has 0 fully saturated rings. The van der Waals surface area contributed by atoms with Gasteiger partial charge in [-0.2, -0.15) is 0 Å². The van der Waals surface area contributed by atoms with Gasteiger partial charge in [0, 0.05) is 12.5 Å². The molecule has 4 N–H and O–H groups in total. The lowest BCUT2D eigenvalue weighted by molar-refractivity contribution is 0.0931. The van der Waals surface area contributed by atoms with Crippen LogP contribution in [0.3, 0.4) is 0 Å². The molecule has 1 amide bonds. The zero-order valence-corrected chi connectivity index (χ0v) is 12.9. The van der Waals surface area contributed by atoms with E-state index in [1.807, 2.05) is 13.8 Å². The molecule has 20 heavy (non-hydrogen) atoms. The molecule has 1 aromatic heterocycles. The molecule has 6 heteroatoms. The van der Waals surface area contributed by atoms with Crippen LogP contribution < -0.4 is 16.6 Å². The number of carbonyl (C=O) groups is 1. The molecule has 0 saturated carbocycles. The number of aromatic nitrogens is 2. The number of rotatable bonds is 6. The van der Waals surface area contributed by atoms with Crippen molar-refractivity contribution in [2.24, 2.45) is 11.3 Å². The van der Waals surface area contributed by atoms with E-state index in [2.05, 4.69) is 41.5 Å². The topological polar surface area (TPSA) is 92.9 Å². The fourth-order valence-corrected chi connectivity index (χ4v) is 1.48. The highest BCUT2D eigenvalue weighted by atomic mass is 16.1. The maximum absolute atomic E-state index is 12.3. The minimum Gasteiger partial charge on any atom is -0.350 e. The Morgan fingerprint density at radius 2 is 2.10 bits per heavy atom. The maximum atomic E-state index is 12.3. The maximum Gasteiger partial charge on any atom is 0.272 e. The largest absolute Gasteiger partial charge is 0.350 e. The van der Waals surface area contributed by atoms with Crippen LogP contribution in [0.2, 0.25) is 0 Å². The van der Waals surface area contributed by atoms with Crippen molar-refractivity contribution >= 4 is 11.6 Å². The number of nitrogens with two attached hydrogens (primary N) is 1. The Bertz CT molecular complexity index is 471. The van der Waals surface area contributed by atoms with Gasteiger partial charge in [-0.1, -0.05) is 34.6 Å². The van der Waals surface area contributed by atoms with Gasteiger partial charge in [0.05, 0.1) is 11.9 Å². The second kappa shape index (κ2) is 6.65. The molecular formula is C14H25N5O. The van der Waals surface area contributed by atoms with Crippen LogP contribution in [0.4, 0.5) is 5.69 Å². The van der Waals surface area contributed by atoms with Gasteiger partial charge in [-0.25, -0.2) is 9.97 Å². The summed E-state index contributed by atoms with van der Waals surface area (Å²) < 4.78 is 0. The fraction of sp³-hybridized carbons (Fsp3) is 0.643.